The van der Waals surface area contributed by atoms with Gasteiger partial charge < -0.3 is 10.2 Å². The average Bonchev–Trinajstić information content (AvgIpc) is 3.07. The van der Waals surface area contributed by atoms with Crippen LogP contribution in [0.5, 0.6) is 0 Å². The van der Waals surface area contributed by atoms with Crippen LogP contribution in [0.1, 0.15) is 24.0 Å². The molecule has 5 heteroatoms. The highest BCUT2D eigenvalue weighted by atomic mass is 32.1. The second-order valence-electron chi connectivity index (χ2n) is 7.03. The fourth-order valence-corrected chi connectivity index (χ4v) is 4.55. The number of aromatic nitrogens is 1. The quantitative estimate of drug-likeness (QED) is 0.727. The standard InChI is InChI=1S/C21H23N3OS/c1-14-7-8-18-19(13-14)26-21(23-18)24-11-9-16(10-12-24)20(25)22-17-6-4-3-5-15(17)2/h3-8,13,16H,9-12H2,1-2H3,(H,22,25). The molecule has 4 nitrogen and oxygen atoms in total. The van der Waals surface area contributed by atoms with Crippen molar-refractivity contribution in [1.29, 1.82) is 0 Å². The van der Waals surface area contributed by atoms with E-state index in [4.69, 9.17) is 4.98 Å². The van der Waals surface area contributed by atoms with Gasteiger partial charge in [0.2, 0.25) is 5.91 Å². The largest absolute Gasteiger partial charge is 0.348 e. The van der Waals surface area contributed by atoms with Gasteiger partial charge >= 0.3 is 0 Å². The maximum atomic E-state index is 12.6. The Morgan fingerprint density at radius 1 is 1.15 bits per heavy atom. The Morgan fingerprint density at radius 3 is 2.69 bits per heavy atom. The van der Waals surface area contributed by atoms with Crippen LogP contribution in [0.15, 0.2) is 42.5 Å². The molecular weight excluding hydrogens is 342 g/mol. The molecule has 26 heavy (non-hydrogen) atoms. The lowest BCUT2D eigenvalue weighted by molar-refractivity contribution is -0.120. The van der Waals surface area contributed by atoms with Crippen LogP contribution in [0.4, 0.5) is 10.8 Å². The van der Waals surface area contributed by atoms with Crippen molar-refractivity contribution in [3.05, 3.63) is 53.6 Å². The van der Waals surface area contributed by atoms with Gasteiger partial charge in [0.05, 0.1) is 10.2 Å². The normalized spacial score (nSPS) is 15.4. The van der Waals surface area contributed by atoms with Crippen LogP contribution in [0.3, 0.4) is 0 Å². The third kappa shape index (κ3) is 3.44. The maximum absolute atomic E-state index is 12.6. The molecule has 2 aromatic carbocycles. The SMILES string of the molecule is Cc1ccc2nc(N3CCC(C(=O)Nc4ccccc4C)CC3)sc2c1. The first kappa shape index (κ1) is 17.0. The number of aryl methyl sites for hydroxylation is 2. The van der Waals surface area contributed by atoms with Crippen molar-refractivity contribution in [3.8, 4) is 0 Å². The van der Waals surface area contributed by atoms with E-state index >= 15 is 0 Å². The molecule has 0 atom stereocenters. The molecule has 0 bridgehead atoms. The smallest absolute Gasteiger partial charge is 0.227 e. The molecule has 0 saturated carbocycles. The summed E-state index contributed by atoms with van der Waals surface area (Å²) in [5.74, 6) is 0.210. The van der Waals surface area contributed by atoms with E-state index in [9.17, 15) is 4.79 Å². The predicted octanol–water partition coefficient (Wildman–Crippen LogP) is 4.77. The molecule has 1 amide bonds. The Balaban J connectivity index is 1.40. The van der Waals surface area contributed by atoms with Crippen LogP contribution in [-0.2, 0) is 4.79 Å². The molecule has 0 aliphatic carbocycles. The number of rotatable bonds is 3. The number of amides is 1. The second kappa shape index (κ2) is 7.08. The number of hydrogen-bond acceptors (Lipinski definition) is 4. The van der Waals surface area contributed by atoms with E-state index < -0.39 is 0 Å². The van der Waals surface area contributed by atoms with Gasteiger partial charge in [-0.3, -0.25) is 4.79 Å². The number of carbonyl (C=O) groups excluding carboxylic acids is 1. The highest BCUT2D eigenvalue weighted by Gasteiger charge is 2.26. The number of thiazole rings is 1. The zero-order chi connectivity index (χ0) is 18.1. The molecule has 1 N–H and O–H groups in total. The Bertz CT molecular complexity index is 941. The van der Waals surface area contributed by atoms with Gasteiger partial charge in [0.25, 0.3) is 0 Å². The van der Waals surface area contributed by atoms with Gasteiger partial charge in [-0.05, 0) is 56.0 Å². The molecule has 1 saturated heterocycles. The molecule has 3 aromatic rings. The number of hydrogen-bond donors (Lipinski definition) is 1. The van der Waals surface area contributed by atoms with E-state index in [0.29, 0.717) is 0 Å². The third-order valence-electron chi connectivity index (χ3n) is 5.07. The molecule has 1 aliphatic rings. The lowest BCUT2D eigenvalue weighted by Crippen LogP contribution is -2.38. The van der Waals surface area contributed by atoms with E-state index in [1.54, 1.807) is 11.3 Å². The summed E-state index contributed by atoms with van der Waals surface area (Å²) in [7, 11) is 0. The molecule has 0 spiro atoms. The number of nitrogens with zero attached hydrogens (tertiary/aromatic N) is 2. The van der Waals surface area contributed by atoms with Gasteiger partial charge in [-0.15, -0.1) is 0 Å². The Hall–Kier alpha value is -2.40. The van der Waals surface area contributed by atoms with Crippen LogP contribution in [0.2, 0.25) is 0 Å². The number of anilines is 2. The van der Waals surface area contributed by atoms with Crippen molar-refractivity contribution in [1.82, 2.24) is 4.98 Å². The van der Waals surface area contributed by atoms with Crippen molar-refractivity contribution in [2.75, 3.05) is 23.3 Å². The van der Waals surface area contributed by atoms with E-state index in [1.165, 1.54) is 10.3 Å². The number of piperidine rings is 1. The number of nitrogens with one attached hydrogen (secondary N) is 1. The lowest BCUT2D eigenvalue weighted by Gasteiger charge is -2.31. The summed E-state index contributed by atoms with van der Waals surface area (Å²) in [5, 5.41) is 4.16. The molecule has 2 heterocycles. The predicted molar refractivity (Wildman–Crippen MR) is 109 cm³/mol. The molecule has 1 aromatic heterocycles. The van der Waals surface area contributed by atoms with E-state index in [1.807, 2.05) is 31.2 Å². The zero-order valence-corrected chi connectivity index (χ0v) is 16.0. The molecule has 0 unspecified atom stereocenters. The zero-order valence-electron chi connectivity index (χ0n) is 15.2. The number of carbonyl (C=O) groups is 1. The first-order valence-corrected chi connectivity index (χ1v) is 9.90. The van der Waals surface area contributed by atoms with Gasteiger partial charge in [-0.25, -0.2) is 4.98 Å². The summed E-state index contributed by atoms with van der Waals surface area (Å²) in [6.45, 7) is 5.89. The van der Waals surface area contributed by atoms with Crippen molar-refractivity contribution < 1.29 is 4.79 Å². The summed E-state index contributed by atoms with van der Waals surface area (Å²) >= 11 is 1.75. The minimum Gasteiger partial charge on any atom is -0.348 e. The minimum absolute atomic E-state index is 0.0717. The first-order valence-electron chi connectivity index (χ1n) is 9.09. The van der Waals surface area contributed by atoms with Crippen molar-refractivity contribution in [2.45, 2.75) is 26.7 Å². The highest BCUT2D eigenvalue weighted by molar-refractivity contribution is 7.22. The van der Waals surface area contributed by atoms with Gasteiger partial charge in [-0.1, -0.05) is 35.6 Å². The molecular formula is C21H23N3OS. The average molecular weight is 366 g/mol. The van der Waals surface area contributed by atoms with E-state index in [-0.39, 0.29) is 11.8 Å². The summed E-state index contributed by atoms with van der Waals surface area (Å²) in [5.41, 5.74) is 4.35. The monoisotopic (exact) mass is 365 g/mol. The fourth-order valence-electron chi connectivity index (χ4n) is 3.44. The Labute approximate surface area is 157 Å². The minimum atomic E-state index is 0.0717. The van der Waals surface area contributed by atoms with E-state index in [0.717, 1.165) is 47.8 Å². The molecule has 1 fully saturated rings. The Morgan fingerprint density at radius 2 is 1.92 bits per heavy atom. The topological polar surface area (TPSA) is 45.2 Å². The van der Waals surface area contributed by atoms with E-state index in [2.05, 4.69) is 35.3 Å². The molecule has 4 rings (SSSR count). The van der Waals surface area contributed by atoms with Crippen LogP contribution in [0, 0.1) is 19.8 Å². The van der Waals surface area contributed by atoms with Gasteiger partial charge in [0.15, 0.2) is 5.13 Å². The summed E-state index contributed by atoms with van der Waals surface area (Å²) in [4.78, 5) is 19.7. The lowest BCUT2D eigenvalue weighted by atomic mass is 9.96. The van der Waals surface area contributed by atoms with Crippen LogP contribution in [0.25, 0.3) is 10.2 Å². The molecule has 134 valence electrons. The maximum Gasteiger partial charge on any atom is 0.227 e. The second-order valence-corrected chi connectivity index (χ2v) is 8.04. The van der Waals surface area contributed by atoms with Crippen LogP contribution >= 0.6 is 11.3 Å². The van der Waals surface area contributed by atoms with Gasteiger partial charge in [-0.2, -0.15) is 0 Å². The van der Waals surface area contributed by atoms with Crippen molar-refractivity contribution >= 4 is 38.3 Å². The van der Waals surface area contributed by atoms with Crippen molar-refractivity contribution in [2.24, 2.45) is 5.92 Å². The highest BCUT2D eigenvalue weighted by Crippen LogP contribution is 2.32. The van der Waals surface area contributed by atoms with Crippen molar-refractivity contribution in [3.63, 3.8) is 0 Å². The molecule has 1 aliphatic heterocycles. The Kier molecular flexibility index (Phi) is 4.64. The molecule has 0 radical (unpaired) electrons. The fraction of sp³-hybridized carbons (Fsp3) is 0.333. The number of para-hydroxylation sites is 1. The summed E-state index contributed by atoms with van der Waals surface area (Å²) in [6, 6.07) is 14.3. The third-order valence-corrected chi connectivity index (χ3v) is 6.15. The van der Waals surface area contributed by atoms with Gasteiger partial charge in [0.1, 0.15) is 0 Å². The van der Waals surface area contributed by atoms with Crippen LogP contribution in [-0.4, -0.2) is 24.0 Å². The van der Waals surface area contributed by atoms with Gasteiger partial charge in [0, 0.05) is 24.7 Å². The first-order chi connectivity index (χ1) is 12.6. The number of benzene rings is 2. The summed E-state index contributed by atoms with van der Waals surface area (Å²) < 4.78 is 1.24. The number of fused-ring (bicyclic) bond motifs is 1. The summed E-state index contributed by atoms with van der Waals surface area (Å²) in [6.07, 6.45) is 1.74. The van der Waals surface area contributed by atoms with Crippen LogP contribution < -0.4 is 10.2 Å².